The average molecular weight is 294 g/mol. The van der Waals surface area contributed by atoms with E-state index in [9.17, 15) is 13.2 Å². The molecule has 0 spiro atoms. The molecule has 0 aliphatic rings. The Hall–Kier alpha value is -1.57. The Labute approximate surface area is 111 Å². The standard InChI is InChI=1S/C10H11ClF3N5/c1-3-6-7(11)18-9-15-4-16-19(9)8(6)17-5(2)10(12,13)14/h4-5,17H,3H2,1-2H3. The van der Waals surface area contributed by atoms with Gasteiger partial charge in [0.25, 0.3) is 5.78 Å². The van der Waals surface area contributed by atoms with Gasteiger partial charge in [-0.15, -0.1) is 0 Å². The van der Waals surface area contributed by atoms with Gasteiger partial charge in [-0.05, 0) is 13.3 Å². The molecule has 104 valence electrons. The van der Waals surface area contributed by atoms with Crippen molar-refractivity contribution in [2.75, 3.05) is 5.32 Å². The van der Waals surface area contributed by atoms with E-state index in [4.69, 9.17) is 11.6 Å². The summed E-state index contributed by atoms with van der Waals surface area (Å²) in [5, 5.41) is 6.37. The minimum Gasteiger partial charge on any atom is -0.358 e. The number of aromatic nitrogens is 4. The summed E-state index contributed by atoms with van der Waals surface area (Å²) in [6.45, 7) is 2.80. The molecule has 1 atom stereocenters. The lowest BCUT2D eigenvalue weighted by molar-refractivity contribution is -0.138. The highest BCUT2D eigenvalue weighted by Crippen LogP contribution is 2.28. The number of nitrogens with zero attached hydrogens (tertiary/aromatic N) is 4. The van der Waals surface area contributed by atoms with Crippen LogP contribution in [0.1, 0.15) is 19.4 Å². The molecular weight excluding hydrogens is 283 g/mol. The van der Waals surface area contributed by atoms with Crippen molar-refractivity contribution in [1.82, 2.24) is 19.6 Å². The maximum atomic E-state index is 12.6. The van der Waals surface area contributed by atoms with E-state index in [0.717, 1.165) is 6.92 Å². The highest BCUT2D eigenvalue weighted by atomic mass is 35.5. The number of hydrogen-bond acceptors (Lipinski definition) is 4. The van der Waals surface area contributed by atoms with Gasteiger partial charge in [0.05, 0.1) is 0 Å². The van der Waals surface area contributed by atoms with Crippen molar-refractivity contribution in [3.05, 3.63) is 17.0 Å². The zero-order chi connectivity index (χ0) is 14.2. The molecular formula is C10H11ClF3N5. The maximum absolute atomic E-state index is 12.6. The summed E-state index contributed by atoms with van der Waals surface area (Å²) in [6.07, 6.45) is -2.73. The van der Waals surface area contributed by atoms with Crippen LogP contribution >= 0.6 is 11.6 Å². The number of halogens is 4. The zero-order valence-corrected chi connectivity index (χ0v) is 10.9. The minimum atomic E-state index is -4.37. The first-order valence-corrected chi connectivity index (χ1v) is 5.93. The quantitative estimate of drug-likeness (QED) is 0.884. The molecule has 0 aliphatic carbocycles. The number of fused-ring (bicyclic) bond motifs is 1. The monoisotopic (exact) mass is 293 g/mol. The van der Waals surface area contributed by atoms with Crippen molar-refractivity contribution in [1.29, 1.82) is 0 Å². The third-order valence-electron chi connectivity index (χ3n) is 2.67. The molecule has 0 bridgehead atoms. The Morgan fingerprint density at radius 3 is 2.74 bits per heavy atom. The summed E-state index contributed by atoms with van der Waals surface area (Å²) in [4.78, 5) is 7.79. The predicted octanol–water partition coefficient (Wildman–Crippen LogP) is 2.70. The highest BCUT2D eigenvalue weighted by Gasteiger charge is 2.37. The van der Waals surface area contributed by atoms with E-state index in [1.165, 1.54) is 10.8 Å². The minimum absolute atomic E-state index is 0.125. The average Bonchev–Trinajstić information content (AvgIpc) is 2.75. The second-order valence-corrected chi connectivity index (χ2v) is 4.32. The van der Waals surface area contributed by atoms with E-state index < -0.39 is 12.2 Å². The van der Waals surface area contributed by atoms with Gasteiger partial charge >= 0.3 is 6.18 Å². The van der Waals surface area contributed by atoms with Crippen LogP contribution < -0.4 is 5.32 Å². The molecule has 0 aliphatic heterocycles. The van der Waals surface area contributed by atoms with Crippen molar-refractivity contribution in [2.24, 2.45) is 0 Å². The van der Waals surface area contributed by atoms with Crippen LogP contribution in [0.4, 0.5) is 19.0 Å². The summed E-state index contributed by atoms with van der Waals surface area (Å²) in [6, 6.07) is -1.73. The largest absolute Gasteiger partial charge is 0.408 e. The van der Waals surface area contributed by atoms with Gasteiger partial charge in [-0.3, -0.25) is 0 Å². The number of alkyl halides is 3. The van der Waals surface area contributed by atoms with Crippen molar-refractivity contribution < 1.29 is 13.2 Å². The summed E-state index contributed by atoms with van der Waals surface area (Å²) < 4.78 is 39.1. The molecule has 2 heterocycles. The SMILES string of the molecule is CCc1c(Cl)nc2ncnn2c1NC(C)C(F)(F)F. The molecule has 0 radical (unpaired) electrons. The van der Waals surface area contributed by atoms with Crippen LogP contribution in [-0.4, -0.2) is 31.8 Å². The van der Waals surface area contributed by atoms with Gasteiger partial charge in [-0.2, -0.15) is 32.8 Å². The molecule has 9 heteroatoms. The number of nitrogens with one attached hydrogen (secondary N) is 1. The van der Waals surface area contributed by atoms with Crippen molar-refractivity contribution in [3.8, 4) is 0 Å². The maximum Gasteiger partial charge on any atom is 0.408 e. The lowest BCUT2D eigenvalue weighted by Gasteiger charge is -2.20. The molecule has 0 fully saturated rings. The van der Waals surface area contributed by atoms with Crippen molar-refractivity contribution in [2.45, 2.75) is 32.5 Å². The van der Waals surface area contributed by atoms with Crippen LogP contribution in [0.25, 0.3) is 5.78 Å². The van der Waals surface area contributed by atoms with Crippen molar-refractivity contribution in [3.63, 3.8) is 0 Å². The van der Waals surface area contributed by atoms with E-state index in [0.29, 0.717) is 12.0 Å². The first-order valence-electron chi connectivity index (χ1n) is 5.56. The topological polar surface area (TPSA) is 55.1 Å². The third-order valence-corrected chi connectivity index (χ3v) is 2.98. The number of hydrogen-bond donors (Lipinski definition) is 1. The van der Waals surface area contributed by atoms with E-state index in [2.05, 4.69) is 20.4 Å². The lowest BCUT2D eigenvalue weighted by Crippen LogP contribution is -2.34. The van der Waals surface area contributed by atoms with Gasteiger partial charge in [0.2, 0.25) is 0 Å². The van der Waals surface area contributed by atoms with Crippen LogP contribution in [-0.2, 0) is 6.42 Å². The van der Waals surface area contributed by atoms with Crippen LogP contribution in [0.3, 0.4) is 0 Å². The first kappa shape index (κ1) is 13.9. The second-order valence-electron chi connectivity index (χ2n) is 3.96. The Bertz CT molecular complexity index is 595. The summed E-state index contributed by atoms with van der Waals surface area (Å²) in [7, 11) is 0. The highest BCUT2D eigenvalue weighted by molar-refractivity contribution is 6.30. The molecule has 0 saturated carbocycles. The Kier molecular flexibility index (Phi) is 3.53. The molecule has 5 nitrogen and oxygen atoms in total. The van der Waals surface area contributed by atoms with Crippen LogP contribution in [0, 0.1) is 0 Å². The van der Waals surface area contributed by atoms with Gasteiger partial charge in [0.1, 0.15) is 23.3 Å². The Balaban J connectivity index is 2.53. The molecule has 0 aromatic carbocycles. The Morgan fingerprint density at radius 1 is 1.47 bits per heavy atom. The molecule has 2 rings (SSSR count). The van der Waals surface area contributed by atoms with Gasteiger partial charge in [0.15, 0.2) is 0 Å². The third kappa shape index (κ3) is 2.58. The van der Waals surface area contributed by atoms with E-state index in [1.807, 2.05) is 0 Å². The summed E-state index contributed by atoms with van der Waals surface area (Å²) >= 11 is 5.95. The molecule has 1 unspecified atom stereocenters. The van der Waals surface area contributed by atoms with Crippen molar-refractivity contribution >= 4 is 23.2 Å². The first-order chi connectivity index (χ1) is 8.84. The zero-order valence-electron chi connectivity index (χ0n) is 10.2. The van der Waals surface area contributed by atoms with E-state index in [-0.39, 0.29) is 16.7 Å². The predicted molar refractivity (Wildman–Crippen MR) is 64.3 cm³/mol. The fourth-order valence-electron chi connectivity index (χ4n) is 1.60. The van der Waals surface area contributed by atoms with Crippen LogP contribution in [0.5, 0.6) is 0 Å². The summed E-state index contributed by atoms with van der Waals surface area (Å²) in [5.74, 6) is 0.318. The number of anilines is 1. The molecule has 1 N–H and O–H groups in total. The molecule has 0 amide bonds. The molecule has 2 aromatic rings. The van der Waals surface area contributed by atoms with Gasteiger partial charge in [-0.1, -0.05) is 18.5 Å². The fraction of sp³-hybridized carbons (Fsp3) is 0.500. The fourth-order valence-corrected chi connectivity index (χ4v) is 1.90. The lowest BCUT2D eigenvalue weighted by atomic mass is 10.2. The van der Waals surface area contributed by atoms with Gasteiger partial charge < -0.3 is 5.32 Å². The normalized spacial score (nSPS) is 13.8. The molecule has 19 heavy (non-hydrogen) atoms. The van der Waals surface area contributed by atoms with Gasteiger partial charge in [-0.25, -0.2) is 0 Å². The van der Waals surface area contributed by atoms with Gasteiger partial charge in [0, 0.05) is 5.56 Å². The smallest absolute Gasteiger partial charge is 0.358 e. The molecule has 0 saturated heterocycles. The second kappa shape index (κ2) is 4.84. The Morgan fingerprint density at radius 2 is 2.16 bits per heavy atom. The van der Waals surface area contributed by atoms with E-state index >= 15 is 0 Å². The summed E-state index contributed by atoms with van der Waals surface area (Å²) in [5.41, 5.74) is 0.468. The number of rotatable bonds is 3. The van der Waals surface area contributed by atoms with Crippen LogP contribution in [0.15, 0.2) is 6.33 Å². The van der Waals surface area contributed by atoms with Crippen LogP contribution in [0.2, 0.25) is 5.15 Å². The van der Waals surface area contributed by atoms with E-state index in [1.54, 1.807) is 6.92 Å². The molecule has 2 aromatic heterocycles.